The van der Waals surface area contributed by atoms with E-state index in [0.717, 1.165) is 11.3 Å². The van der Waals surface area contributed by atoms with Crippen molar-refractivity contribution in [2.75, 3.05) is 18.6 Å². The highest BCUT2D eigenvalue weighted by Crippen LogP contribution is 2.39. The van der Waals surface area contributed by atoms with Gasteiger partial charge in [-0.05, 0) is 29.7 Å². The predicted octanol–water partition coefficient (Wildman–Crippen LogP) is 3.16. The molecule has 6 nitrogen and oxygen atoms in total. The van der Waals surface area contributed by atoms with Gasteiger partial charge in [-0.2, -0.15) is 0 Å². The Bertz CT molecular complexity index is 1230. The van der Waals surface area contributed by atoms with Crippen LogP contribution in [-0.2, 0) is 4.74 Å². The summed E-state index contributed by atoms with van der Waals surface area (Å²) in [5, 5.41) is 1.76. The number of nitrogen functional groups attached to an aromatic ring is 2. The van der Waals surface area contributed by atoms with E-state index in [0.29, 0.717) is 38.1 Å². The molecule has 0 radical (unpaired) electrons. The Hall–Kier alpha value is -3.32. The molecule has 4 aromatic rings. The second kappa shape index (κ2) is 5.89. The van der Waals surface area contributed by atoms with Gasteiger partial charge in [-0.15, -0.1) is 11.3 Å². The van der Waals surface area contributed by atoms with Crippen LogP contribution >= 0.6 is 11.3 Å². The maximum absolute atomic E-state index is 13.2. The molecule has 0 aliphatic rings. The number of hydrogen-bond acceptors (Lipinski definition) is 6. The van der Waals surface area contributed by atoms with Crippen molar-refractivity contribution in [1.82, 2.24) is 4.57 Å². The van der Waals surface area contributed by atoms with E-state index in [2.05, 4.69) is 0 Å². The molecule has 0 aliphatic heterocycles. The average molecular weight is 365 g/mol. The summed E-state index contributed by atoms with van der Waals surface area (Å²) in [6, 6.07) is 14.3. The van der Waals surface area contributed by atoms with E-state index in [1.807, 2.05) is 30.3 Å². The van der Waals surface area contributed by atoms with Crippen molar-refractivity contribution in [3.8, 4) is 5.69 Å². The number of aromatic nitrogens is 1. The van der Waals surface area contributed by atoms with Crippen molar-refractivity contribution >= 4 is 49.7 Å². The lowest BCUT2D eigenvalue weighted by atomic mass is 10.1. The van der Waals surface area contributed by atoms with Gasteiger partial charge in [0, 0.05) is 11.1 Å². The number of thiophene rings is 1. The molecule has 2 aromatic carbocycles. The highest BCUT2D eigenvalue weighted by Gasteiger charge is 2.23. The van der Waals surface area contributed by atoms with Crippen LogP contribution in [-0.4, -0.2) is 17.6 Å². The molecule has 0 saturated heterocycles. The van der Waals surface area contributed by atoms with Crippen molar-refractivity contribution in [1.29, 1.82) is 0 Å². The highest BCUT2D eigenvalue weighted by molar-refractivity contribution is 7.21. The molecule has 0 spiro atoms. The molecule has 26 heavy (non-hydrogen) atoms. The van der Waals surface area contributed by atoms with E-state index in [9.17, 15) is 9.59 Å². The zero-order chi connectivity index (χ0) is 18.4. The van der Waals surface area contributed by atoms with Crippen molar-refractivity contribution in [2.45, 2.75) is 0 Å². The third-order valence-corrected chi connectivity index (χ3v) is 5.43. The molecule has 4 rings (SSSR count). The van der Waals surface area contributed by atoms with E-state index in [1.165, 1.54) is 7.11 Å². The third kappa shape index (κ3) is 2.25. The van der Waals surface area contributed by atoms with E-state index in [1.54, 1.807) is 22.8 Å². The topological polar surface area (TPSA) is 100 Å². The first-order chi connectivity index (χ1) is 12.5. The standard InChI is InChI=1S/C19H15N3O3S/c1-25-19(24)16-15(21)14-12-8-7-10(20)9-13(12)17(23)22(18(14)26-16)11-5-3-2-4-6-11/h2-9H,20-21H2,1H3. The minimum Gasteiger partial charge on any atom is -0.465 e. The molecule has 0 atom stereocenters. The van der Waals surface area contributed by atoms with Gasteiger partial charge in [0.1, 0.15) is 9.71 Å². The van der Waals surface area contributed by atoms with Crippen LogP contribution in [0.5, 0.6) is 0 Å². The van der Waals surface area contributed by atoms with E-state index < -0.39 is 5.97 Å². The maximum Gasteiger partial charge on any atom is 0.350 e. The number of para-hydroxylation sites is 1. The van der Waals surface area contributed by atoms with Gasteiger partial charge in [0.25, 0.3) is 5.56 Å². The molecule has 7 heteroatoms. The van der Waals surface area contributed by atoms with Crippen LogP contribution in [0.25, 0.3) is 26.7 Å². The first kappa shape index (κ1) is 16.2. The molecule has 2 aromatic heterocycles. The zero-order valence-electron chi connectivity index (χ0n) is 13.9. The number of rotatable bonds is 2. The molecule has 0 aliphatic carbocycles. The molecule has 0 amide bonds. The number of benzene rings is 2. The minimum atomic E-state index is -0.528. The van der Waals surface area contributed by atoms with Crippen molar-refractivity contribution in [2.24, 2.45) is 0 Å². The summed E-state index contributed by atoms with van der Waals surface area (Å²) in [6.07, 6.45) is 0. The zero-order valence-corrected chi connectivity index (χ0v) is 14.7. The van der Waals surface area contributed by atoms with Crippen LogP contribution in [0.2, 0.25) is 0 Å². The summed E-state index contributed by atoms with van der Waals surface area (Å²) in [5.41, 5.74) is 13.4. The molecular weight excluding hydrogens is 350 g/mol. The van der Waals surface area contributed by atoms with E-state index in [4.69, 9.17) is 16.2 Å². The smallest absolute Gasteiger partial charge is 0.350 e. The summed E-state index contributed by atoms with van der Waals surface area (Å²) in [4.78, 5) is 26.2. The van der Waals surface area contributed by atoms with Crippen LogP contribution in [0.15, 0.2) is 53.3 Å². The van der Waals surface area contributed by atoms with Gasteiger partial charge in [-0.1, -0.05) is 24.3 Å². The lowest BCUT2D eigenvalue weighted by molar-refractivity contribution is 0.0607. The number of anilines is 2. The number of fused-ring (bicyclic) bond motifs is 3. The number of nitrogens with two attached hydrogens (primary N) is 2. The Balaban J connectivity index is 2.26. The first-order valence-electron chi connectivity index (χ1n) is 7.83. The molecular formula is C19H15N3O3S. The van der Waals surface area contributed by atoms with Gasteiger partial charge < -0.3 is 16.2 Å². The Labute approximate surface area is 152 Å². The van der Waals surface area contributed by atoms with Gasteiger partial charge in [-0.3, -0.25) is 9.36 Å². The molecule has 0 bridgehead atoms. The van der Waals surface area contributed by atoms with Crippen LogP contribution in [0, 0.1) is 0 Å². The number of methoxy groups -OCH3 is 1. The van der Waals surface area contributed by atoms with Gasteiger partial charge in [0.05, 0.1) is 23.9 Å². The monoisotopic (exact) mass is 365 g/mol. The van der Waals surface area contributed by atoms with Crippen LogP contribution in [0.3, 0.4) is 0 Å². The molecule has 4 N–H and O–H groups in total. The number of ether oxygens (including phenoxy) is 1. The maximum atomic E-state index is 13.2. The summed E-state index contributed by atoms with van der Waals surface area (Å²) in [6.45, 7) is 0. The molecule has 0 fully saturated rings. The quantitative estimate of drug-likeness (QED) is 0.420. The molecule has 2 heterocycles. The van der Waals surface area contributed by atoms with Gasteiger partial charge in [0.2, 0.25) is 0 Å². The number of carbonyl (C=O) groups is 1. The number of esters is 1. The Kier molecular flexibility index (Phi) is 3.66. The van der Waals surface area contributed by atoms with E-state index in [-0.39, 0.29) is 10.4 Å². The van der Waals surface area contributed by atoms with Crippen molar-refractivity contribution in [3.05, 3.63) is 63.8 Å². The lowest BCUT2D eigenvalue weighted by Gasteiger charge is -2.11. The van der Waals surface area contributed by atoms with Gasteiger partial charge in [0.15, 0.2) is 0 Å². The number of pyridine rings is 1. The summed E-state index contributed by atoms with van der Waals surface area (Å²) >= 11 is 1.14. The first-order valence-corrected chi connectivity index (χ1v) is 8.64. The van der Waals surface area contributed by atoms with Crippen LogP contribution in [0.4, 0.5) is 11.4 Å². The Morgan fingerprint density at radius 2 is 1.81 bits per heavy atom. The number of hydrogen-bond donors (Lipinski definition) is 2. The molecule has 0 saturated carbocycles. The predicted molar refractivity (Wildman–Crippen MR) is 105 cm³/mol. The molecule has 130 valence electrons. The average Bonchev–Trinajstić information content (AvgIpc) is 2.99. The lowest BCUT2D eigenvalue weighted by Crippen LogP contribution is -2.18. The summed E-state index contributed by atoms with van der Waals surface area (Å²) in [5.74, 6) is -0.528. The summed E-state index contributed by atoms with van der Waals surface area (Å²) < 4.78 is 6.40. The van der Waals surface area contributed by atoms with Crippen LogP contribution < -0.4 is 17.0 Å². The fraction of sp³-hybridized carbons (Fsp3) is 0.0526. The second-order valence-electron chi connectivity index (χ2n) is 5.80. The Morgan fingerprint density at radius 1 is 1.08 bits per heavy atom. The van der Waals surface area contributed by atoms with Gasteiger partial charge in [-0.25, -0.2) is 4.79 Å². The largest absolute Gasteiger partial charge is 0.465 e. The van der Waals surface area contributed by atoms with Crippen molar-refractivity contribution in [3.63, 3.8) is 0 Å². The molecule has 0 unspecified atom stereocenters. The van der Waals surface area contributed by atoms with Gasteiger partial charge >= 0.3 is 5.97 Å². The SMILES string of the molecule is COC(=O)c1sc2c(c1N)c1ccc(N)cc1c(=O)n2-c1ccccc1. The fourth-order valence-electron chi connectivity index (χ4n) is 3.07. The second-order valence-corrected chi connectivity index (χ2v) is 6.80. The van der Waals surface area contributed by atoms with Crippen LogP contribution in [0.1, 0.15) is 9.67 Å². The highest BCUT2D eigenvalue weighted by atomic mass is 32.1. The summed E-state index contributed by atoms with van der Waals surface area (Å²) in [7, 11) is 1.30. The number of nitrogens with zero attached hydrogens (tertiary/aromatic N) is 1. The minimum absolute atomic E-state index is 0.219. The number of carbonyl (C=O) groups excluding carboxylic acids is 1. The Morgan fingerprint density at radius 3 is 2.50 bits per heavy atom. The normalized spacial score (nSPS) is 11.1. The van der Waals surface area contributed by atoms with E-state index >= 15 is 0 Å². The third-order valence-electron chi connectivity index (χ3n) is 4.26. The van der Waals surface area contributed by atoms with Crippen molar-refractivity contribution < 1.29 is 9.53 Å². The fourth-order valence-corrected chi connectivity index (χ4v) is 4.25.